The van der Waals surface area contributed by atoms with Gasteiger partial charge in [0.2, 0.25) is 29.6 Å². The number of ether oxygens (including phenoxy) is 7. The summed E-state index contributed by atoms with van der Waals surface area (Å²) in [4.78, 5) is 91.2. The van der Waals surface area contributed by atoms with E-state index in [0.29, 0.717) is 109 Å². The van der Waals surface area contributed by atoms with E-state index in [9.17, 15) is 47.1 Å². The number of anilines is 1. The maximum absolute atomic E-state index is 13.9. The second kappa shape index (κ2) is 39.7. The Labute approximate surface area is 600 Å². The summed E-state index contributed by atoms with van der Waals surface area (Å²) in [6.07, 6.45) is 4.64. The molecule has 0 saturated heterocycles. The Balaban J connectivity index is 0.942. The van der Waals surface area contributed by atoms with E-state index < -0.39 is 87.1 Å². The standard InChI is InChI=1S/C71H101N13O18S/c1-43-35-62(87)100-59-38-50(21-22-54(43)59)78-66(89)58(19-12-13-24-76-69(92)102-70(7,8)9)80-61(86)42-77-65(88)57(20-14-25-75-68(72)84-103(93,94)64-45(3)44(2)63-56(46(64)4)40-71(10,11)101-63)79-60(85)23-29-95-31-33-97-34-32-96-30-26-74-41-51(81-73)17-15-27-98-52-36-49(67(90)91)37-53(39-52)99-28-16-18-55-47(5)82-83-48(55)6/h21-22,35-39,41,57-58,73-74H,12-20,23-34,40,42H2,1-11H3,(H,76,92)(H,77,88)(H,78,89)(H,79,85)(H,80,86)(H,82,83)(H,90,91)(H3,72,75,84)/b51-41-,81-73?. The van der Waals surface area contributed by atoms with E-state index in [0.717, 1.165) is 28.9 Å². The number of hydrogen-bond donors (Lipinski definition) is 12. The normalized spacial score (nSPS) is 13.2. The number of guanidine groups is 1. The number of fused-ring (bicyclic) bond motifs is 2. The van der Waals surface area contributed by atoms with E-state index in [1.54, 1.807) is 72.9 Å². The van der Waals surface area contributed by atoms with Gasteiger partial charge in [-0.2, -0.15) is 10.2 Å². The van der Waals surface area contributed by atoms with Gasteiger partial charge in [-0.25, -0.2) is 33.1 Å². The van der Waals surface area contributed by atoms with E-state index in [1.165, 1.54) is 24.3 Å². The van der Waals surface area contributed by atoms with Crippen molar-refractivity contribution in [2.24, 2.45) is 5.11 Å². The van der Waals surface area contributed by atoms with Crippen LogP contribution in [0.5, 0.6) is 17.2 Å². The predicted octanol–water partition coefficient (Wildman–Crippen LogP) is 7.55. The van der Waals surface area contributed by atoms with E-state index in [4.69, 9.17) is 48.5 Å². The minimum Gasteiger partial charge on any atom is -0.493 e. The number of aromatic nitrogens is 2. The Hall–Kier alpha value is -9.66. The van der Waals surface area contributed by atoms with Gasteiger partial charge in [-0.15, -0.1) is 0 Å². The monoisotopic (exact) mass is 1460 g/mol. The number of unbranched alkanes of at least 4 members (excludes halogenated alkanes) is 1. The van der Waals surface area contributed by atoms with Gasteiger partial charge in [0, 0.05) is 79.2 Å². The van der Waals surface area contributed by atoms with Gasteiger partial charge in [0.25, 0.3) is 10.0 Å². The topological polar surface area (TPSA) is 437 Å². The summed E-state index contributed by atoms with van der Waals surface area (Å²) in [5.41, 5.74) is 13.0. The maximum atomic E-state index is 13.9. The molecule has 1 aliphatic rings. The molecule has 0 radical (unpaired) electrons. The lowest BCUT2D eigenvalue weighted by molar-refractivity contribution is -0.131. The van der Waals surface area contributed by atoms with E-state index in [-0.39, 0.29) is 100 Å². The van der Waals surface area contributed by atoms with Gasteiger partial charge in [0.1, 0.15) is 46.1 Å². The van der Waals surface area contributed by atoms with Crippen molar-refractivity contribution in [3.8, 4) is 17.2 Å². The second-order valence-corrected chi connectivity index (χ2v) is 28.2. The number of nitrogens with one attached hydrogen (secondary N) is 11. The summed E-state index contributed by atoms with van der Waals surface area (Å²) in [6, 6.07) is 8.28. The highest BCUT2D eigenvalue weighted by Gasteiger charge is 2.37. The number of sulfonamides is 1. The molecule has 2 atom stereocenters. The molecule has 5 aromatic rings. The van der Waals surface area contributed by atoms with Crippen LogP contribution in [0.1, 0.15) is 148 Å². The van der Waals surface area contributed by atoms with Crippen molar-refractivity contribution in [1.29, 1.82) is 10.9 Å². The SMILES string of the molecule is Cc1n[nH]c(C)c1CCCOc1cc(OCCC/C(=C/NCCOCCOCCOCCC(=O)NC(CCCNC(=N)NS(=O)(=O)c2c(C)c(C)c3c(c2C)CC(C)(C)O3)C(=O)NCC(=O)NC(CCCCNC(=O)OC(C)(C)C)C(=O)Nc2ccc3c(C)cc(=O)oc3c2)N=N)cc(C(=O)O)c1. The molecule has 2 unspecified atom stereocenters. The number of carboxylic acid groups (broad SMARTS) is 1. The summed E-state index contributed by atoms with van der Waals surface area (Å²) in [5, 5.41) is 48.8. The number of amides is 5. The quantitative estimate of drug-likeness (QED) is 0.00589. The number of aromatic carboxylic acids is 1. The van der Waals surface area contributed by atoms with Crippen LogP contribution in [0.2, 0.25) is 0 Å². The van der Waals surface area contributed by atoms with Crippen molar-refractivity contribution < 1.29 is 79.9 Å². The van der Waals surface area contributed by atoms with Crippen molar-refractivity contribution >= 4 is 68.3 Å². The van der Waals surface area contributed by atoms with Gasteiger partial charge in [0.15, 0.2) is 0 Å². The number of carbonyl (C=O) groups excluding carboxylic acids is 5. The maximum Gasteiger partial charge on any atom is 0.407 e. The molecule has 2 aromatic heterocycles. The first-order valence-electron chi connectivity index (χ1n) is 34.4. The summed E-state index contributed by atoms with van der Waals surface area (Å²) in [5.74, 6) is -2.96. The Morgan fingerprint density at radius 3 is 2.07 bits per heavy atom. The highest BCUT2D eigenvalue weighted by molar-refractivity contribution is 7.90. The number of aryl methyl sites for hydroxylation is 3. The molecule has 32 heteroatoms. The van der Waals surface area contributed by atoms with Gasteiger partial charge in [-0.1, -0.05) is 0 Å². The molecule has 0 bridgehead atoms. The second-order valence-electron chi connectivity index (χ2n) is 26.5. The number of rotatable bonds is 43. The van der Waals surface area contributed by atoms with Gasteiger partial charge >= 0.3 is 17.7 Å². The highest BCUT2D eigenvalue weighted by atomic mass is 32.2. The van der Waals surface area contributed by atoms with Crippen LogP contribution in [0, 0.1) is 52.5 Å². The fourth-order valence-corrected chi connectivity index (χ4v) is 12.7. The predicted molar refractivity (Wildman–Crippen MR) is 383 cm³/mol. The zero-order valence-corrected chi connectivity index (χ0v) is 61.5. The summed E-state index contributed by atoms with van der Waals surface area (Å²) in [6.45, 7) is 21.6. The number of benzene rings is 3. The number of nitrogens with zero attached hydrogens (tertiary/aromatic N) is 2. The number of carbonyl (C=O) groups is 6. The summed E-state index contributed by atoms with van der Waals surface area (Å²) >= 11 is 0. The van der Waals surface area contributed by atoms with Crippen molar-refractivity contribution in [2.75, 3.05) is 84.4 Å². The first kappa shape index (κ1) is 82.3. The van der Waals surface area contributed by atoms with Gasteiger partial charge < -0.3 is 79.9 Å². The lowest BCUT2D eigenvalue weighted by Gasteiger charge is -2.21. The van der Waals surface area contributed by atoms with Crippen LogP contribution in [0.25, 0.3) is 11.0 Å². The lowest BCUT2D eigenvalue weighted by Crippen LogP contribution is -2.51. The molecular formula is C71H101N13O18S. The van der Waals surface area contributed by atoms with Crippen LogP contribution in [-0.4, -0.2) is 168 Å². The van der Waals surface area contributed by atoms with Crippen LogP contribution >= 0.6 is 0 Å². The van der Waals surface area contributed by atoms with Crippen LogP contribution in [-0.2, 0) is 61.0 Å². The first-order chi connectivity index (χ1) is 48.8. The Morgan fingerprint density at radius 2 is 1.40 bits per heavy atom. The third-order valence-electron chi connectivity index (χ3n) is 16.4. The number of hydrogen-bond acceptors (Lipinski definition) is 22. The first-order valence-corrected chi connectivity index (χ1v) is 35.8. The Kier molecular flexibility index (Phi) is 31.7. The summed E-state index contributed by atoms with van der Waals surface area (Å²) < 4.78 is 75.5. The highest BCUT2D eigenvalue weighted by Crippen LogP contribution is 2.44. The van der Waals surface area contributed by atoms with Crippen LogP contribution < -0.4 is 61.8 Å². The molecule has 5 amide bonds. The molecule has 3 aromatic carbocycles. The van der Waals surface area contributed by atoms with Crippen molar-refractivity contribution in [1.82, 2.24) is 46.8 Å². The molecule has 1 aliphatic heterocycles. The number of H-pyrrole nitrogens is 1. The molecule has 6 rings (SSSR count). The van der Waals surface area contributed by atoms with E-state index in [2.05, 4.69) is 57.3 Å². The molecule has 3 heterocycles. The zero-order chi connectivity index (χ0) is 75.4. The van der Waals surface area contributed by atoms with Crippen LogP contribution in [0.3, 0.4) is 0 Å². The fraction of sp³-hybridized carbons (Fsp3) is 0.535. The van der Waals surface area contributed by atoms with Crippen LogP contribution in [0.15, 0.2) is 73.6 Å². The zero-order valence-electron chi connectivity index (χ0n) is 60.7. The van der Waals surface area contributed by atoms with E-state index in [1.807, 2.05) is 27.7 Å². The third-order valence-corrected chi connectivity index (χ3v) is 18.0. The largest absolute Gasteiger partial charge is 0.493 e. The number of carboxylic acids is 1. The van der Waals surface area contributed by atoms with Gasteiger partial charge in [-0.3, -0.25) is 29.7 Å². The van der Waals surface area contributed by atoms with E-state index >= 15 is 0 Å². The molecule has 0 fully saturated rings. The van der Waals surface area contributed by atoms with Gasteiger partial charge in [0.05, 0.1) is 81.2 Å². The smallest absolute Gasteiger partial charge is 0.407 e. The molecule has 0 spiro atoms. The lowest BCUT2D eigenvalue weighted by atomic mass is 9.94. The van der Waals surface area contributed by atoms with Crippen LogP contribution in [0.4, 0.5) is 10.5 Å². The molecule has 0 aliphatic carbocycles. The Morgan fingerprint density at radius 1 is 0.748 bits per heavy atom. The molecular weight excluding hydrogens is 1350 g/mol. The fourth-order valence-electron chi connectivity index (χ4n) is 11.2. The third kappa shape index (κ3) is 27.2. The number of alkyl carbamates (subject to hydrolysis) is 1. The van der Waals surface area contributed by atoms with Crippen molar-refractivity contribution in [3.05, 3.63) is 115 Å². The molecule has 12 N–H and O–H groups in total. The van der Waals surface area contributed by atoms with Crippen molar-refractivity contribution in [3.63, 3.8) is 0 Å². The molecule has 0 saturated carbocycles. The molecule has 103 heavy (non-hydrogen) atoms. The van der Waals surface area contributed by atoms with Gasteiger partial charge in [-0.05, 0) is 186 Å². The number of allylic oxidation sites excluding steroid dienone is 1. The average molecular weight is 1460 g/mol. The number of aromatic amines is 1. The summed E-state index contributed by atoms with van der Waals surface area (Å²) in [7, 11) is -4.26. The minimum atomic E-state index is -4.26. The molecule has 564 valence electrons. The Bertz CT molecular complexity index is 3980. The average Bonchev–Trinajstić information content (AvgIpc) is 1.64. The molecule has 31 nitrogen and oxygen atoms in total. The van der Waals surface area contributed by atoms with Crippen molar-refractivity contribution in [2.45, 2.75) is 175 Å². The minimum absolute atomic E-state index is 0.0202.